The molecule has 4 aliphatic rings. The van der Waals surface area contributed by atoms with E-state index in [0.29, 0.717) is 16.9 Å². The van der Waals surface area contributed by atoms with Crippen molar-refractivity contribution in [2.75, 3.05) is 0 Å². The van der Waals surface area contributed by atoms with Gasteiger partial charge in [-0.2, -0.15) is 0 Å². The fourth-order valence-electron chi connectivity index (χ4n) is 10.6. The van der Waals surface area contributed by atoms with Gasteiger partial charge in [-0.1, -0.05) is 61.6 Å². The van der Waals surface area contributed by atoms with Gasteiger partial charge in [-0.3, -0.25) is 0 Å². The van der Waals surface area contributed by atoms with Gasteiger partial charge in [0.15, 0.2) is 5.60 Å². The van der Waals surface area contributed by atoms with E-state index in [9.17, 15) is 5.11 Å². The first kappa shape index (κ1) is 52.4. The molecule has 4 aromatic rings. The van der Waals surface area contributed by atoms with Crippen molar-refractivity contribution in [2.45, 2.75) is 186 Å². The second-order valence-electron chi connectivity index (χ2n) is 19.6. The minimum atomic E-state index is -2.10. The zero-order valence-electron chi connectivity index (χ0n) is 40.7. The summed E-state index contributed by atoms with van der Waals surface area (Å²) in [6, 6.07) is 29.3. The number of aryl methyl sites for hydroxylation is 1. The Morgan fingerprint density at radius 1 is 0.667 bits per heavy atom. The first-order valence-electron chi connectivity index (χ1n) is 24.9. The number of terminal acetylenes is 1. The van der Waals surface area contributed by atoms with Crippen molar-refractivity contribution < 1.29 is 32.8 Å². The molecule has 0 heterocycles. The molecule has 1 unspecified atom stereocenters. The predicted octanol–water partition coefficient (Wildman–Crippen LogP) is 15.9. The van der Waals surface area contributed by atoms with E-state index in [1.165, 1.54) is 17.0 Å². The summed E-state index contributed by atoms with van der Waals surface area (Å²) in [7, 11) is 12.9. The van der Waals surface area contributed by atoms with Crippen LogP contribution in [0.5, 0.6) is 17.2 Å². The summed E-state index contributed by atoms with van der Waals surface area (Å²) in [5, 5.41) is 11.0. The van der Waals surface area contributed by atoms with Gasteiger partial charge in [-0.25, -0.2) is 0 Å². The average molecular weight is 1040 g/mol. The molecule has 3 fully saturated rings. The molecule has 4 aliphatic carbocycles. The van der Waals surface area contributed by atoms with Crippen molar-refractivity contribution in [3.05, 3.63) is 130 Å². The van der Waals surface area contributed by atoms with Gasteiger partial charge in [0.1, 0.15) is 5.75 Å². The second kappa shape index (κ2) is 25.6. The van der Waals surface area contributed by atoms with Crippen molar-refractivity contribution in [1.82, 2.24) is 0 Å². The molecule has 0 radical (unpaired) electrons. The molecule has 66 heavy (non-hydrogen) atoms. The number of allylic oxidation sites excluding steroid dienone is 1. The van der Waals surface area contributed by atoms with Gasteiger partial charge in [0.05, 0.1) is 23.1 Å². The number of ether oxygens (including phenoxy) is 3. The Morgan fingerprint density at radius 3 is 1.61 bits per heavy atom. The number of aliphatic hydroxyl groups is 2. The van der Waals surface area contributed by atoms with E-state index in [4.69, 9.17) is 40.0 Å². The van der Waals surface area contributed by atoms with E-state index >= 15 is 0 Å². The molecule has 8 heteroatoms. The minimum absolute atomic E-state index is 0.0465. The van der Waals surface area contributed by atoms with Gasteiger partial charge in [-0.15, -0.1) is 6.42 Å². The van der Waals surface area contributed by atoms with E-state index in [-0.39, 0.29) is 26.2 Å². The Labute approximate surface area is 412 Å². The third kappa shape index (κ3) is 14.3. The summed E-state index contributed by atoms with van der Waals surface area (Å²) in [6.07, 6.45) is 31.9. The summed E-state index contributed by atoms with van der Waals surface area (Å²) in [5.41, 5.74) is 8.98. The molecule has 0 saturated heterocycles. The summed E-state index contributed by atoms with van der Waals surface area (Å²) < 4.78 is 17.6. The number of halogens is 2. The number of fused-ring (bicyclic) bond motifs is 1. The first-order valence-corrected chi connectivity index (χ1v) is 32.0. The van der Waals surface area contributed by atoms with E-state index in [1.54, 1.807) is 102 Å². The van der Waals surface area contributed by atoms with Crippen LogP contribution in [0.4, 0.5) is 0 Å². The predicted molar refractivity (Wildman–Crippen MR) is 282 cm³/mol. The molecule has 358 valence electrons. The Morgan fingerprint density at radius 2 is 1.15 bits per heavy atom. The number of hydrogen-bond donors (Lipinski definition) is 1. The SMILES string of the molecule is C#CC(O)(c1ccccc1)c1cc(C)cc(OC(C)C)c1.C1CCC([PH+](C2CCCCC2)C2CCCCC2)CC1.CC(C)Oc1cc([OH+]C(C)C)c2c(c1)C(c1ccccc1)=C[C]2=[Ru]([Cl])[Cl]. The summed E-state index contributed by atoms with van der Waals surface area (Å²) in [6.45, 7) is 14.1. The van der Waals surface area contributed by atoms with Crippen LogP contribution in [-0.2, 0) is 19.1 Å². The molecule has 8 rings (SSSR count). The Hall–Kier alpha value is -2.96. The van der Waals surface area contributed by atoms with Crippen LogP contribution in [0.25, 0.3) is 5.57 Å². The average Bonchev–Trinajstić information content (AvgIpc) is 3.70. The van der Waals surface area contributed by atoms with Crippen molar-refractivity contribution in [3.8, 4) is 29.6 Å². The van der Waals surface area contributed by atoms with Gasteiger partial charge in [0, 0.05) is 19.0 Å². The van der Waals surface area contributed by atoms with Crippen molar-refractivity contribution in [3.63, 3.8) is 0 Å². The molecule has 0 bridgehead atoms. The number of aromatic hydroxyl groups is 1. The van der Waals surface area contributed by atoms with E-state index < -0.39 is 19.1 Å². The van der Waals surface area contributed by atoms with Crippen LogP contribution in [0.15, 0.2) is 97.1 Å². The molecular formula is C58H77Cl2O4PRu+2. The Bertz CT molecular complexity index is 2200. The van der Waals surface area contributed by atoms with E-state index in [1.807, 2.05) is 101 Å². The van der Waals surface area contributed by atoms with Crippen LogP contribution in [-0.4, -0.2) is 49.2 Å². The molecule has 0 aliphatic heterocycles. The molecule has 2 N–H and O–H groups in total. The van der Waals surface area contributed by atoms with E-state index in [0.717, 1.165) is 43.4 Å². The number of rotatable bonds is 12. The van der Waals surface area contributed by atoms with Crippen LogP contribution in [0.3, 0.4) is 0 Å². The fraction of sp³-hybridized carbons (Fsp3) is 0.500. The van der Waals surface area contributed by atoms with Crippen molar-refractivity contribution in [2.24, 2.45) is 0 Å². The van der Waals surface area contributed by atoms with Crippen LogP contribution in [0.1, 0.15) is 171 Å². The van der Waals surface area contributed by atoms with Gasteiger partial charge in [0.25, 0.3) is 0 Å². The molecule has 0 spiro atoms. The normalized spacial score (nSPS) is 18.0. The van der Waals surface area contributed by atoms with Crippen molar-refractivity contribution in [1.29, 1.82) is 0 Å². The first-order chi connectivity index (χ1) is 31.8. The summed E-state index contributed by atoms with van der Waals surface area (Å²) in [4.78, 5) is 0. The van der Waals surface area contributed by atoms with Crippen LogP contribution >= 0.6 is 27.3 Å². The topological polar surface area (TPSA) is 51.5 Å². The fourth-order valence-corrected chi connectivity index (χ4v) is 18.3. The quantitative estimate of drug-likeness (QED) is 0.0666. The number of benzene rings is 4. The van der Waals surface area contributed by atoms with Crippen LogP contribution < -0.4 is 9.47 Å². The zero-order chi connectivity index (χ0) is 47.2. The monoisotopic (exact) mass is 1040 g/mol. The second-order valence-corrected chi connectivity index (χ2v) is 28.9. The van der Waals surface area contributed by atoms with Crippen molar-refractivity contribution >= 4 is 37.0 Å². The standard InChI is InChI=1S/C21H22O2.C19H20O2.C18H33P.2ClH.Ru/c1-14(2)22-17-12-20-18(16-8-6-5-7-9-16)10-11-19(20)21(13-17)23-15(3)4;1-5-19(20,16-9-7-6-8-10-16)17-11-15(4)12-18(13-17)21-14(2)3;1-4-10-16(11-5-1)19(17-12-6-2-7-13-17)18-14-8-3-9-15-18;;;/h5-10,12-15H,1-4H3;1,6-14,20H,2-4H3;16-18H,1-15H2;2*1H;/q;;;;;+2. The maximum atomic E-state index is 11.0. The van der Waals surface area contributed by atoms with E-state index in [2.05, 4.69) is 44.0 Å². The summed E-state index contributed by atoms with van der Waals surface area (Å²) >= 11 is -2.10. The zero-order valence-corrected chi connectivity index (χ0v) is 45.0. The van der Waals surface area contributed by atoms with Crippen LogP contribution in [0, 0.1) is 19.3 Å². The Balaban J connectivity index is 0.000000166. The third-order valence-electron chi connectivity index (χ3n) is 13.3. The molecule has 0 amide bonds. The Kier molecular flexibility index (Phi) is 20.3. The van der Waals surface area contributed by atoms with Gasteiger partial charge >= 0.3 is 169 Å². The molecule has 0 aromatic heterocycles. The van der Waals surface area contributed by atoms with Gasteiger partial charge in [-0.05, 0) is 116 Å². The number of hydrogen-bond acceptors (Lipinski definition) is 3. The molecule has 3 saturated carbocycles. The van der Waals surface area contributed by atoms with Gasteiger partial charge in [0.2, 0.25) is 0 Å². The maximum absolute atomic E-state index is 11.0. The van der Waals surface area contributed by atoms with Crippen LogP contribution in [0.2, 0.25) is 0 Å². The van der Waals surface area contributed by atoms with Gasteiger partial charge < -0.3 is 9.84 Å². The summed E-state index contributed by atoms with van der Waals surface area (Å²) in [5.74, 6) is 4.96. The third-order valence-corrected chi connectivity index (χ3v) is 21.0. The molecule has 1 atom stereocenters. The molecule has 4 aromatic carbocycles. The molecule has 4 nitrogen and oxygen atoms in total. The molecular weight excluding hydrogens is 964 g/mol.